The Morgan fingerprint density at radius 2 is 2.12 bits per heavy atom. The van der Waals surface area contributed by atoms with Crippen molar-refractivity contribution in [1.82, 2.24) is 19.7 Å². The van der Waals surface area contributed by atoms with Gasteiger partial charge in [-0.2, -0.15) is 0 Å². The average molecular weight is 257 g/mol. The molecule has 0 aliphatic rings. The van der Waals surface area contributed by atoms with Gasteiger partial charge >= 0.3 is 0 Å². The summed E-state index contributed by atoms with van der Waals surface area (Å²) in [6.45, 7) is 4.68. The molecule has 0 spiro atoms. The van der Waals surface area contributed by atoms with Crippen molar-refractivity contribution in [3.05, 3.63) is 5.82 Å². The molecule has 1 aromatic rings. The third-order valence-corrected chi connectivity index (χ3v) is 3.46. The number of nitrogens with zero attached hydrogens (tertiary/aromatic N) is 4. The Hall–Kier alpha value is -0.590. The standard InChI is InChI=1S/C11H23N5S/c1-4-6-16-10(9-12)13-14-11(16)17-8-5-7-15(2)3/h4-9,12H2,1-3H3. The molecule has 98 valence electrons. The van der Waals surface area contributed by atoms with E-state index >= 15 is 0 Å². The fraction of sp³-hybridized carbons (Fsp3) is 0.818. The Morgan fingerprint density at radius 3 is 2.71 bits per heavy atom. The van der Waals surface area contributed by atoms with Gasteiger partial charge in [0.05, 0.1) is 6.54 Å². The second-order valence-electron chi connectivity index (χ2n) is 4.26. The van der Waals surface area contributed by atoms with Crippen LogP contribution in [0.4, 0.5) is 0 Å². The van der Waals surface area contributed by atoms with Crippen LogP contribution in [0, 0.1) is 0 Å². The van der Waals surface area contributed by atoms with Crippen molar-refractivity contribution >= 4 is 11.8 Å². The predicted molar refractivity (Wildman–Crippen MR) is 72.1 cm³/mol. The third-order valence-electron chi connectivity index (χ3n) is 2.40. The van der Waals surface area contributed by atoms with Crippen molar-refractivity contribution in [2.75, 3.05) is 26.4 Å². The lowest BCUT2D eigenvalue weighted by Crippen LogP contribution is -2.13. The molecule has 0 fully saturated rings. The molecule has 1 aromatic heterocycles. The zero-order valence-electron chi connectivity index (χ0n) is 11.0. The van der Waals surface area contributed by atoms with Crippen molar-refractivity contribution in [1.29, 1.82) is 0 Å². The molecule has 0 atom stereocenters. The third kappa shape index (κ3) is 4.65. The van der Waals surface area contributed by atoms with Crippen LogP contribution in [0.1, 0.15) is 25.6 Å². The molecule has 2 N–H and O–H groups in total. The second kappa shape index (κ2) is 7.68. The van der Waals surface area contributed by atoms with E-state index in [-0.39, 0.29) is 0 Å². The van der Waals surface area contributed by atoms with Crippen LogP contribution in [0.5, 0.6) is 0 Å². The van der Waals surface area contributed by atoms with Gasteiger partial charge in [0.25, 0.3) is 0 Å². The van der Waals surface area contributed by atoms with Gasteiger partial charge in [-0.05, 0) is 33.5 Å². The maximum Gasteiger partial charge on any atom is 0.191 e. The number of hydrogen-bond donors (Lipinski definition) is 1. The summed E-state index contributed by atoms with van der Waals surface area (Å²) in [6.07, 6.45) is 2.24. The second-order valence-corrected chi connectivity index (χ2v) is 5.32. The molecule has 0 aliphatic heterocycles. The maximum absolute atomic E-state index is 5.65. The topological polar surface area (TPSA) is 60.0 Å². The Balaban J connectivity index is 2.49. The van der Waals surface area contributed by atoms with Gasteiger partial charge in [0.1, 0.15) is 5.82 Å². The van der Waals surface area contributed by atoms with Crippen LogP contribution < -0.4 is 5.73 Å². The van der Waals surface area contributed by atoms with Crippen LogP contribution >= 0.6 is 11.8 Å². The molecular formula is C11H23N5S. The van der Waals surface area contributed by atoms with Gasteiger partial charge in [0, 0.05) is 12.3 Å². The minimum atomic E-state index is 0.464. The van der Waals surface area contributed by atoms with Crippen LogP contribution in [0.25, 0.3) is 0 Å². The van der Waals surface area contributed by atoms with E-state index in [2.05, 4.69) is 40.7 Å². The summed E-state index contributed by atoms with van der Waals surface area (Å²) in [5.74, 6) is 1.96. The molecular weight excluding hydrogens is 234 g/mol. The molecule has 0 radical (unpaired) electrons. The van der Waals surface area contributed by atoms with E-state index in [9.17, 15) is 0 Å². The van der Waals surface area contributed by atoms with Crippen molar-refractivity contribution in [3.8, 4) is 0 Å². The lowest BCUT2D eigenvalue weighted by Gasteiger charge is -2.09. The zero-order chi connectivity index (χ0) is 12.7. The SMILES string of the molecule is CCCn1c(CN)nnc1SCCCN(C)C. The van der Waals surface area contributed by atoms with Crippen LogP contribution in [-0.4, -0.2) is 46.1 Å². The highest BCUT2D eigenvalue weighted by atomic mass is 32.2. The largest absolute Gasteiger partial charge is 0.324 e. The summed E-state index contributed by atoms with van der Waals surface area (Å²) < 4.78 is 2.14. The first-order valence-electron chi connectivity index (χ1n) is 6.08. The smallest absolute Gasteiger partial charge is 0.191 e. The maximum atomic E-state index is 5.65. The molecule has 17 heavy (non-hydrogen) atoms. The number of nitrogens with two attached hydrogens (primary N) is 1. The van der Waals surface area contributed by atoms with Crippen LogP contribution in [0.2, 0.25) is 0 Å². The number of thioether (sulfide) groups is 1. The Morgan fingerprint density at radius 1 is 1.35 bits per heavy atom. The van der Waals surface area contributed by atoms with Crippen LogP contribution in [0.3, 0.4) is 0 Å². The van der Waals surface area contributed by atoms with Gasteiger partial charge < -0.3 is 15.2 Å². The first-order valence-corrected chi connectivity index (χ1v) is 7.07. The molecule has 0 saturated heterocycles. The highest BCUT2D eigenvalue weighted by Crippen LogP contribution is 2.18. The Bertz CT molecular complexity index is 324. The Kier molecular flexibility index (Phi) is 6.54. The highest BCUT2D eigenvalue weighted by molar-refractivity contribution is 7.99. The molecule has 6 heteroatoms. The number of hydrogen-bond acceptors (Lipinski definition) is 5. The lowest BCUT2D eigenvalue weighted by molar-refractivity contribution is 0.410. The van der Waals surface area contributed by atoms with E-state index in [1.54, 1.807) is 11.8 Å². The van der Waals surface area contributed by atoms with E-state index < -0.39 is 0 Å². The minimum Gasteiger partial charge on any atom is -0.324 e. The van der Waals surface area contributed by atoms with Crippen LogP contribution in [0.15, 0.2) is 5.16 Å². The molecule has 0 amide bonds. The van der Waals surface area contributed by atoms with Gasteiger partial charge in [-0.1, -0.05) is 18.7 Å². The van der Waals surface area contributed by atoms with E-state index in [4.69, 9.17) is 5.73 Å². The molecule has 1 heterocycles. The van der Waals surface area contributed by atoms with Crippen LogP contribution in [-0.2, 0) is 13.1 Å². The monoisotopic (exact) mass is 257 g/mol. The normalized spacial score (nSPS) is 11.4. The summed E-state index contributed by atoms with van der Waals surface area (Å²) in [5.41, 5.74) is 5.65. The summed E-state index contributed by atoms with van der Waals surface area (Å²) in [6, 6.07) is 0. The highest BCUT2D eigenvalue weighted by Gasteiger charge is 2.10. The average Bonchev–Trinajstić information content (AvgIpc) is 2.67. The summed E-state index contributed by atoms with van der Waals surface area (Å²) in [4.78, 5) is 2.20. The minimum absolute atomic E-state index is 0.464. The fourth-order valence-corrected chi connectivity index (χ4v) is 2.48. The van der Waals surface area contributed by atoms with Crippen molar-refractivity contribution in [2.45, 2.75) is 38.0 Å². The molecule has 0 unspecified atom stereocenters. The zero-order valence-corrected chi connectivity index (χ0v) is 11.8. The van der Waals surface area contributed by atoms with E-state index in [0.717, 1.165) is 42.7 Å². The molecule has 0 aliphatic carbocycles. The van der Waals surface area contributed by atoms with E-state index in [1.165, 1.54) is 0 Å². The summed E-state index contributed by atoms with van der Waals surface area (Å²) in [5, 5.41) is 9.33. The first kappa shape index (κ1) is 14.5. The van der Waals surface area contributed by atoms with Gasteiger partial charge in [0.2, 0.25) is 0 Å². The van der Waals surface area contributed by atoms with Crippen molar-refractivity contribution < 1.29 is 0 Å². The first-order chi connectivity index (χ1) is 8.19. The summed E-state index contributed by atoms with van der Waals surface area (Å²) in [7, 11) is 4.19. The van der Waals surface area contributed by atoms with Gasteiger partial charge in [0.15, 0.2) is 5.16 Å². The molecule has 5 nitrogen and oxygen atoms in total. The summed E-state index contributed by atoms with van der Waals surface area (Å²) >= 11 is 1.77. The quantitative estimate of drug-likeness (QED) is 0.560. The predicted octanol–water partition coefficient (Wildman–Crippen LogP) is 1.19. The van der Waals surface area contributed by atoms with Gasteiger partial charge in [-0.3, -0.25) is 0 Å². The lowest BCUT2D eigenvalue weighted by atomic mass is 10.4. The van der Waals surface area contributed by atoms with Gasteiger partial charge in [-0.25, -0.2) is 0 Å². The number of aromatic nitrogens is 3. The molecule has 0 bridgehead atoms. The molecule has 0 saturated carbocycles. The number of rotatable bonds is 8. The molecule has 0 aromatic carbocycles. The fourth-order valence-electron chi connectivity index (χ4n) is 1.57. The van der Waals surface area contributed by atoms with Gasteiger partial charge in [-0.15, -0.1) is 10.2 Å². The van der Waals surface area contributed by atoms with E-state index in [0.29, 0.717) is 6.54 Å². The molecule has 1 rings (SSSR count). The van der Waals surface area contributed by atoms with Crippen molar-refractivity contribution in [2.24, 2.45) is 5.73 Å². The Labute approximate surface area is 108 Å². The van der Waals surface area contributed by atoms with E-state index in [1.807, 2.05) is 0 Å². The van der Waals surface area contributed by atoms with Crippen molar-refractivity contribution in [3.63, 3.8) is 0 Å².